The van der Waals surface area contributed by atoms with Crippen molar-refractivity contribution in [3.8, 4) is 11.5 Å². The van der Waals surface area contributed by atoms with Crippen molar-refractivity contribution in [2.24, 2.45) is 0 Å². The number of benzene rings is 1. The molecule has 0 spiro atoms. The van der Waals surface area contributed by atoms with E-state index in [2.05, 4.69) is 27.3 Å². The topological polar surface area (TPSA) is 54.2 Å². The third kappa shape index (κ3) is 3.11. The van der Waals surface area contributed by atoms with Crippen molar-refractivity contribution in [2.45, 2.75) is 26.4 Å². The molecule has 0 saturated carbocycles. The number of hydrogen-bond donors (Lipinski definition) is 1. The molecule has 3 rings (SSSR count). The van der Waals surface area contributed by atoms with Crippen molar-refractivity contribution < 1.29 is 8.91 Å². The zero-order chi connectivity index (χ0) is 14.8. The zero-order valence-corrected chi connectivity index (χ0v) is 12.3. The van der Waals surface area contributed by atoms with E-state index < -0.39 is 0 Å². The van der Waals surface area contributed by atoms with Gasteiger partial charge in [0.1, 0.15) is 5.82 Å². The van der Waals surface area contributed by atoms with E-state index in [1.807, 2.05) is 6.92 Å². The summed E-state index contributed by atoms with van der Waals surface area (Å²) in [7, 11) is 0. The first-order chi connectivity index (χ1) is 10.1. The monoisotopic (exact) mass is 290 g/mol. The molecule has 1 atom stereocenters. The molecule has 1 saturated heterocycles. The van der Waals surface area contributed by atoms with E-state index in [9.17, 15) is 4.39 Å². The molecule has 0 amide bonds. The molecule has 0 radical (unpaired) electrons. The van der Waals surface area contributed by atoms with E-state index in [1.54, 1.807) is 12.1 Å². The van der Waals surface area contributed by atoms with Crippen LogP contribution in [0.1, 0.15) is 18.3 Å². The molecule has 0 unspecified atom stereocenters. The molecule has 1 aromatic carbocycles. The molecule has 0 aliphatic carbocycles. The summed E-state index contributed by atoms with van der Waals surface area (Å²) in [5.41, 5.74) is 1.32. The third-order valence-electron chi connectivity index (χ3n) is 3.80. The maximum absolute atomic E-state index is 13.8. The highest BCUT2D eigenvalue weighted by atomic mass is 19.1. The van der Waals surface area contributed by atoms with Crippen molar-refractivity contribution in [1.29, 1.82) is 0 Å². The van der Waals surface area contributed by atoms with Gasteiger partial charge in [0.25, 0.3) is 5.89 Å². The van der Waals surface area contributed by atoms with Crippen LogP contribution in [-0.4, -0.2) is 40.7 Å². The predicted molar refractivity (Wildman–Crippen MR) is 77.2 cm³/mol. The van der Waals surface area contributed by atoms with Gasteiger partial charge in [-0.2, -0.15) is 4.98 Å². The summed E-state index contributed by atoms with van der Waals surface area (Å²) >= 11 is 0. The van der Waals surface area contributed by atoms with Crippen molar-refractivity contribution in [3.63, 3.8) is 0 Å². The number of hydrogen-bond acceptors (Lipinski definition) is 5. The van der Waals surface area contributed by atoms with Gasteiger partial charge in [-0.3, -0.25) is 4.90 Å². The van der Waals surface area contributed by atoms with Crippen LogP contribution in [0.5, 0.6) is 0 Å². The van der Waals surface area contributed by atoms with E-state index in [0.29, 0.717) is 24.0 Å². The number of halogens is 1. The highest BCUT2D eigenvalue weighted by Gasteiger charge is 2.21. The zero-order valence-electron chi connectivity index (χ0n) is 12.3. The first-order valence-electron chi connectivity index (χ1n) is 7.17. The Morgan fingerprint density at radius 1 is 1.48 bits per heavy atom. The lowest BCUT2D eigenvalue weighted by Gasteiger charge is -2.32. The smallest absolute Gasteiger partial charge is 0.260 e. The van der Waals surface area contributed by atoms with Crippen LogP contribution in [0, 0.1) is 12.7 Å². The molecular weight excluding hydrogens is 271 g/mol. The Kier molecular flexibility index (Phi) is 3.98. The van der Waals surface area contributed by atoms with Crippen molar-refractivity contribution in [3.05, 3.63) is 35.4 Å². The van der Waals surface area contributed by atoms with E-state index in [-0.39, 0.29) is 11.7 Å². The molecule has 1 fully saturated rings. The summed E-state index contributed by atoms with van der Waals surface area (Å²) in [4.78, 5) is 6.62. The van der Waals surface area contributed by atoms with Gasteiger partial charge in [0.2, 0.25) is 0 Å². The lowest BCUT2D eigenvalue weighted by molar-refractivity contribution is 0.160. The summed E-state index contributed by atoms with van der Waals surface area (Å²) in [5, 5.41) is 7.32. The Morgan fingerprint density at radius 2 is 2.33 bits per heavy atom. The van der Waals surface area contributed by atoms with E-state index >= 15 is 0 Å². The maximum Gasteiger partial charge on any atom is 0.260 e. The fourth-order valence-electron chi connectivity index (χ4n) is 2.53. The highest BCUT2D eigenvalue weighted by Crippen LogP contribution is 2.22. The summed E-state index contributed by atoms with van der Waals surface area (Å²) in [6.45, 7) is 7.55. The average molecular weight is 290 g/mol. The van der Waals surface area contributed by atoms with E-state index in [1.165, 1.54) is 6.07 Å². The molecule has 2 aromatic rings. The van der Waals surface area contributed by atoms with E-state index in [0.717, 1.165) is 25.2 Å². The third-order valence-corrected chi connectivity index (χ3v) is 3.80. The number of piperazine rings is 1. The molecule has 1 aliphatic rings. The van der Waals surface area contributed by atoms with Crippen molar-refractivity contribution >= 4 is 0 Å². The second-order valence-electron chi connectivity index (χ2n) is 5.52. The molecule has 0 bridgehead atoms. The summed E-state index contributed by atoms with van der Waals surface area (Å²) in [5.74, 6) is 0.500. The van der Waals surface area contributed by atoms with Crippen LogP contribution in [0.2, 0.25) is 0 Å². The lowest BCUT2D eigenvalue weighted by Crippen LogP contribution is -2.49. The van der Waals surface area contributed by atoms with Gasteiger partial charge in [0.15, 0.2) is 5.82 Å². The number of aryl methyl sites for hydroxylation is 1. The Labute approximate surface area is 123 Å². The average Bonchev–Trinajstić information content (AvgIpc) is 2.92. The molecule has 2 heterocycles. The largest absolute Gasteiger partial charge is 0.334 e. The van der Waals surface area contributed by atoms with Crippen LogP contribution >= 0.6 is 0 Å². The lowest BCUT2D eigenvalue weighted by atomic mass is 10.1. The second-order valence-corrected chi connectivity index (χ2v) is 5.52. The summed E-state index contributed by atoms with van der Waals surface area (Å²) in [6.07, 6.45) is 0. The van der Waals surface area contributed by atoms with Gasteiger partial charge >= 0.3 is 0 Å². The van der Waals surface area contributed by atoms with Crippen LogP contribution < -0.4 is 5.32 Å². The Bertz CT molecular complexity index is 628. The van der Waals surface area contributed by atoms with Gasteiger partial charge < -0.3 is 9.84 Å². The minimum Gasteiger partial charge on any atom is -0.334 e. The van der Waals surface area contributed by atoms with Gasteiger partial charge in [-0.15, -0.1) is 0 Å². The van der Waals surface area contributed by atoms with Gasteiger partial charge in [0, 0.05) is 25.7 Å². The number of nitrogens with one attached hydrogen (secondary N) is 1. The van der Waals surface area contributed by atoms with Crippen LogP contribution in [-0.2, 0) is 6.54 Å². The second kappa shape index (κ2) is 5.91. The van der Waals surface area contributed by atoms with Gasteiger partial charge in [-0.25, -0.2) is 4.39 Å². The van der Waals surface area contributed by atoms with Crippen LogP contribution in [0.3, 0.4) is 0 Å². The Balaban J connectivity index is 1.78. The van der Waals surface area contributed by atoms with Gasteiger partial charge in [0.05, 0.1) is 12.1 Å². The fourth-order valence-corrected chi connectivity index (χ4v) is 2.53. The summed E-state index contributed by atoms with van der Waals surface area (Å²) < 4.78 is 19.1. The van der Waals surface area contributed by atoms with Gasteiger partial charge in [-0.1, -0.05) is 16.8 Å². The highest BCUT2D eigenvalue weighted by molar-refractivity contribution is 5.55. The molecule has 6 heteroatoms. The SMILES string of the molecule is Cc1ccc(F)c(-c2nc(CN3CCNC[C@@H]3C)no2)c1. The normalized spacial score (nSPS) is 19.9. The molecule has 1 aromatic heterocycles. The molecule has 1 N–H and O–H groups in total. The Morgan fingerprint density at radius 3 is 3.14 bits per heavy atom. The number of rotatable bonds is 3. The van der Waals surface area contributed by atoms with Crippen molar-refractivity contribution in [1.82, 2.24) is 20.4 Å². The molecule has 21 heavy (non-hydrogen) atoms. The van der Waals surface area contributed by atoms with Crippen LogP contribution in [0.15, 0.2) is 22.7 Å². The van der Waals surface area contributed by atoms with E-state index in [4.69, 9.17) is 4.52 Å². The Hall–Kier alpha value is -1.79. The molecule has 112 valence electrons. The van der Waals surface area contributed by atoms with Gasteiger partial charge in [-0.05, 0) is 26.0 Å². The predicted octanol–water partition coefficient (Wildman–Crippen LogP) is 1.98. The standard InChI is InChI=1S/C15H19FN4O/c1-10-3-4-13(16)12(7-10)15-18-14(19-21-15)9-20-6-5-17-8-11(20)2/h3-4,7,11,17H,5-6,8-9H2,1-2H3/t11-/m0/s1. The molecular formula is C15H19FN4O. The minimum absolute atomic E-state index is 0.244. The number of nitrogens with zero attached hydrogens (tertiary/aromatic N) is 3. The van der Waals surface area contributed by atoms with Crippen molar-refractivity contribution in [2.75, 3.05) is 19.6 Å². The molecule has 5 nitrogen and oxygen atoms in total. The quantitative estimate of drug-likeness (QED) is 0.936. The minimum atomic E-state index is -0.341. The maximum atomic E-state index is 13.8. The van der Waals surface area contributed by atoms with Crippen LogP contribution in [0.4, 0.5) is 4.39 Å². The fraction of sp³-hybridized carbons (Fsp3) is 0.467. The first kappa shape index (κ1) is 14.2. The number of aromatic nitrogens is 2. The first-order valence-corrected chi connectivity index (χ1v) is 7.17. The van der Waals surface area contributed by atoms with Crippen LogP contribution in [0.25, 0.3) is 11.5 Å². The summed E-state index contributed by atoms with van der Waals surface area (Å²) in [6, 6.07) is 5.29. The molecule has 1 aliphatic heterocycles.